The molecule has 0 N–H and O–H groups in total. The predicted octanol–water partition coefficient (Wildman–Crippen LogP) is 5.11. The van der Waals surface area contributed by atoms with Crippen LogP contribution < -0.4 is 0 Å². The first-order valence-electron chi connectivity index (χ1n) is 9.65. The smallest absolute Gasteiger partial charge is 0.179 e. The van der Waals surface area contributed by atoms with Gasteiger partial charge in [-0.15, -0.1) is 11.8 Å². The molecule has 5 atom stereocenters. The lowest BCUT2D eigenvalue weighted by Crippen LogP contribution is -2.51. The van der Waals surface area contributed by atoms with E-state index in [1.807, 2.05) is 23.9 Å². The van der Waals surface area contributed by atoms with E-state index in [-0.39, 0.29) is 16.6 Å². The van der Waals surface area contributed by atoms with E-state index in [2.05, 4.69) is 27.4 Å². The molecule has 0 aromatic rings. The maximum atomic E-state index is 12.6. The lowest BCUT2D eigenvalue weighted by Gasteiger charge is -2.57. The third kappa shape index (κ3) is 2.24. The van der Waals surface area contributed by atoms with Crippen molar-refractivity contribution in [1.29, 1.82) is 0 Å². The number of hydrogen-bond acceptors (Lipinski definition) is 3. The van der Waals surface area contributed by atoms with Gasteiger partial charge in [-0.05, 0) is 71.8 Å². The highest BCUT2D eigenvalue weighted by Gasteiger charge is 2.60. The van der Waals surface area contributed by atoms with Gasteiger partial charge in [0.2, 0.25) is 0 Å². The van der Waals surface area contributed by atoms with Crippen molar-refractivity contribution in [3.8, 4) is 0 Å². The molecule has 134 valence electrons. The Bertz CT molecular complexity index is 730. The van der Waals surface area contributed by atoms with Crippen LogP contribution in [0, 0.1) is 28.6 Å². The summed E-state index contributed by atoms with van der Waals surface area (Å²) < 4.78 is 0. The highest BCUT2D eigenvalue weighted by molar-refractivity contribution is 8.03. The Morgan fingerprint density at radius 3 is 2.68 bits per heavy atom. The Morgan fingerprint density at radius 2 is 1.96 bits per heavy atom. The van der Waals surface area contributed by atoms with Gasteiger partial charge in [-0.25, -0.2) is 0 Å². The number of hydrogen-bond donors (Lipinski definition) is 0. The van der Waals surface area contributed by atoms with Crippen LogP contribution in [0.5, 0.6) is 0 Å². The number of carbonyl (C=O) groups is 2. The summed E-state index contributed by atoms with van der Waals surface area (Å²) in [6.45, 7) is 11.1. The molecular formula is C22H28O2S. The van der Waals surface area contributed by atoms with Gasteiger partial charge < -0.3 is 0 Å². The van der Waals surface area contributed by atoms with Crippen molar-refractivity contribution >= 4 is 23.3 Å². The van der Waals surface area contributed by atoms with E-state index in [4.69, 9.17) is 0 Å². The van der Waals surface area contributed by atoms with Crippen LogP contribution in [-0.2, 0) is 9.59 Å². The molecule has 25 heavy (non-hydrogen) atoms. The van der Waals surface area contributed by atoms with E-state index in [0.29, 0.717) is 23.5 Å². The summed E-state index contributed by atoms with van der Waals surface area (Å²) in [5, 5.41) is 0. The molecule has 0 bridgehead atoms. The molecule has 0 radical (unpaired) electrons. The average Bonchev–Trinajstić information content (AvgIpc) is 2.86. The van der Waals surface area contributed by atoms with Gasteiger partial charge in [0.15, 0.2) is 5.78 Å². The molecule has 3 heteroatoms. The highest BCUT2D eigenvalue weighted by atomic mass is 32.2. The van der Waals surface area contributed by atoms with Crippen LogP contribution in [-0.4, -0.2) is 17.3 Å². The molecule has 0 unspecified atom stereocenters. The molecule has 0 heterocycles. The number of ketones is 2. The van der Waals surface area contributed by atoms with Crippen LogP contribution >= 0.6 is 11.8 Å². The van der Waals surface area contributed by atoms with Gasteiger partial charge in [-0.3, -0.25) is 9.59 Å². The molecule has 0 aliphatic heterocycles. The molecule has 0 spiro atoms. The molecule has 4 rings (SSSR count). The van der Waals surface area contributed by atoms with Crippen LogP contribution in [0.1, 0.15) is 52.9 Å². The van der Waals surface area contributed by atoms with Crippen molar-refractivity contribution in [2.45, 2.75) is 52.9 Å². The standard InChI is InChI=1S/C22H28O2S/c1-5-25-20-12-14(23)11-18-13(2)10-15-16-6-7-19(24)21(16,3)9-8-17(15)22(18,20)4/h11-12,15-17H,2,5-10H2,1,3-4H3/t15-,16-,17-,21-,22+/m0/s1. The zero-order valence-electron chi connectivity index (χ0n) is 15.6. The normalized spacial score (nSPS) is 43.2. The first-order valence-corrected chi connectivity index (χ1v) is 10.6. The fraction of sp³-hybridized carbons (Fsp3) is 0.636. The summed E-state index contributed by atoms with van der Waals surface area (Å²) >= 11 is 1.81. The Labute approximate surface area is 155 Å². The second-order valence-electron chi connectivity index (χ2n) is 8.71. The van der Waals surface area contributed by atoms with Crippen molar-refractivity contribution in [3.05, 3.63) is 34.8 Å². The van der Waals surface area contributed by atoms with Gasteiger partial charge in [-0.1, -0.05) is 32.9 Å². The monoisotopic (exact) mass is 356 g/mol. The number of carbonyl (C=O) groups excluding carboxylic acids is 2. The Hall–Kier alpha value is -1.09. The van der Waals surface area contributed by atoms with E-state index in [1.54, 1.807) is 0 Å². The van der Waals surface area contributed by atoms with Crippen LogP contribution in [0.2, 0.25) is 0 Å². The van der Waals surface area contributed by atoms with Crippen molar-refractivity contribution in [2.24, 2.45) is 28.6 Å². The maximum absolute atomic E-state index is 12.6. The summed E-state index contributed by atoms with van der Waals surface area (Å²) in [7, 11) is 0. The number of rotatable bonds is 2. The first kappa shape index (κ1) is 17.3. The zero-order chi connectivity index (χ0) is 18.0. The molecule has 0 aromatic heterocycles. The minimum atomic E-state index is -0.120. The van der Waals surface area contributed by atoms with Crippen LogP contribution in [0.25, 0.3) is 0 Å². The van der Waals surface area contributed by atoms with Crippen molar-refractivity contribution in [3.63, 3.8) is 0 Å². The van der Waals surface area contributed by atoms with Gasteiger partial charge in [0.05, 0.1) is 0 Å². The van der Waals surface area contributed by atoms with E-state index >= 15 is 0 Å². The molecule has 3 fully saturated rings. The first-order chi connectivity index (χ1) is 11.8. The minimum Gasteiger partial charge on any atom is -0.299 e. The summed E-state index contributed by atoms with van der Waals surface area (Å²) in [5.41, 5.74) is 2.08. The summed E-state index contributed by atoms with van der Waals surface area (Å²) in [4.78, 5) is 26.1. The summed E-state index contributed by atoms with van der Waals surface area (Å²) in [6, 6.07) is 0. The minimum absolute atomic E-state index is 0.0957. The fourth-order valence-corrected chi connectivity index (χ4v) is 7.47. The van der Waals surface area contributed by atoms with E-state index in [1.165, 1.54) is 10.5 Å². The Kier molecular flexibility index (Phi) is 3.95. The molecule has 2 nitrogen and oxygen atoms in total. The van der Waals surface area contributed by atoms with Gasteiger partial charge >= 0.3 is 0 Å². The molecule has 0 saturated heterocycles. The molecule has 4 aliphatic carbocycles. The second-order valence-corrected chi connectivity index (χ2v) is 10.0. The molecule has 0 aromatic carbocycles. The van der Waals surface area contributed by atoms with Crippen LogP contribution in [0.3, 0.4) is 0 Å². The van der Waals surface area contributed by atoms with E-state index < -0.39 is 0 Å². The molecule has 4 aliphatic rings. The summed E-state index contributed by atoms with van der Waals surface area (Å²) in [6.07, 6.45) is 8.54. The van der Waals surface area contributed by atoms with Gasteiger partial charge in [0.1, 0.15) is 5.78 Å². The number of thioether (sulfide) groups is 1. The third-order valence-corrected chi connectivity index (χ3v) is 8.82. The third-order valence-electron chi connectivity index (χ3n) is 7.68. The summed E-state index contributed by atoms with van der Waals surface area (Å²) in [5.74, 6) is 3.09. The molecule has 3 saturated carbocycles. The second kappa shape index (κ2) is 5.70. The molecule has 0 amide bonds. The fourth-order valence-electron chi connectivity index (χ4n) is 6.40. The van der Waals surface area contributed by atoms with Gasteiger partial charge in [0.25, 0.3) is 0 Å². The quantitative estimate of drug-likeness (QED) is 0.689. The molecular weight excluding hydrogens is 328 g/mol. The van der Waals surface area contributed by atoms with Crippen molar-refractivity contribution in [2.75, 3.05) is 5.75 Å². The predicted molar refractivity (Wildman–Crippen MR) is 103 cm³/mol. The lowest BCUT2D eigenvalue weighted by atomic mass is 9.47. The van der Waals surface area contributed by atoms with Crippen LogP contribution in [0.15, 0.2) is 34.8 Å². The van der Waals surface area contributed by atoms with E-state index in [0.717, 1.165) is 43.4 Å². The largest absolute Gasteiger partial charge is 0.299 e. The lowest BCUT2D eigenvalue weighted by molar-refractivity contribution is -0.131. The van der Waals surface area contributed by atoms with E-state index in [9.17, 15) is 9.59 Å². The van der Waals surface area contributed by atoms with Gasteiger partial charge in [0, 0.05) is 17.3 Å². The van der Waals surface area contributed by atoms with Crippen molar-refractivity contribution in [1.82, 2.24) is 0 Å². The van der Waals surface area contributed by atoms with Gasteiger partial charge in [-0.2, -0.15) is 0 Å². The Morgan fingerprint density at radius 1 is 1.20 bits per heavy atom. The number of fused-ring (bicyclic) bond motifs is 5. The Balaban J connectivity index is 1.80. The maximum Gasteiger partial charge on any atom is 0.179 e. The SMILES string of the molecule is C=C1C[C@@H]2[C@H](CC[C@]3(C)C(=O)CC[C@@H]23)[C@@]2(C)C(SCC)=CC(=O)C=C12. The topological polar surface area (TPSA) is 34.1 Å². The highest BCUT2D eigenvalue weighted by Crippen LogP contribution is 2.66. The number of allylic oxidation sites excluding steroid dienone is 5. The van der Waals surface area contributed by atoms with Crippen molar-refractivity contribution < 1.29 is 9.59 Å². The van der Waals surface area contributed by atoms with Crippen LogP contribution in [0.4, 0.5) is 0 Å². The zero-order valence-corrected chi connectivity index (χ0v) is 16.4. The number of Topliss-reactive ketones (excluding diaryl/α,β-unsaturated/α-hetero) is 1. The average molecular weight is 357 g/mol.